The van der Waals surface area contributed by atoms with Gasteiger partial charge in [0.05, 0.1) is 6.61 Å². The maximum atomic E-state index is 12.4. The Bertz CT molecular complexity index is 487. The van der Waals surface area contributed by atoms with Gasteiger partial charge in [-0.25, -0.2) is 0 Å². The Kier molecular flexibility index (Phi) is 7.39. The molecule has 0 spiro atoms. The minimum atomic E-state index is -0.793. The average Bonchev–Trinajstić information content (AvgIpc) is 2.49. The number of carbonyl (C=O) groups excluding carboxylic acids is 1. The summed E-state index contributed by atoms with van der Waals surface area (Å²) in [6.45, 7) is 8.70. The number of benzene rings is 1. The fourth-order valence-electron chi connectivity index (χ4n) is 2.26. The number of hydrogen-bond acceptors (Lipinski definition) is 3. The van der Waals surface area contributed by atoms with Crippen molar-refractivity contribution in [2.45, 2.75) is 59.0 Å². The van der Waals surface area contributed by atoms with E-state index >= 15 is 0 Å². The molecule has 0 fully saturated rings. The van der Waals surface area contributed by atoms with E-state index in [0.29, 0.717) is 6.42 Å². The highest BCUT2D eigenvalue weighted by Gasteiger charge is 2.32. The molecule has 0 aromatic heterocycles. The molecule has 0 saturated heterocycles. The third-order valence-electron chi connectivity index (χ3n) is 3.85. The van der Waals surface area contributed by atoms with Crippen molar-refractivity contribution in [2.24, 2.45) is 0 Å². The number of anilines is 1. The van der Waals surface area contributed by atoms with Crippen molar-refractivity contribution >= 4 is 11.6 Å². The van der Waals surface area contributed by atoms with Gasteiger partial charge in [0.2, 0.25) is 0 Å². The normalized spacial score (nSPS) is 13.5. The first kappa shape index (κ1) is 18.5. The van der Waals surface area contributed by atoms with Crippen LogP contribution < -0.4 is 10.1 Å². The highest BCUT2D eigenvalue weighted by atomic mass is 16.5. The van der Waals surface area contributed by atoms with Gasteiger partial charge in [0, 0.05) is 12.8 Å². The van der Waals surface area contributed by atoms with Crippen LogP contribution in [0.5, 0.6) is 5.75 Å². The van der Waals surface area contributed by atoms with Crippen molar-refractivity contribution in [3.05, 3.63) is 23.8 Å². The minimum absolute atomic E-state index is 0.115. The van der Waals surface area contributed by atoms with Crippen molar-refractivity contribution in [3.8, 4) is 5.75 Å². The Balaban J connectivity index is 2.74. The number of methoxy groups -OCH3 is 1. The molecule has 4 nitrogen and oxygen atoms in total. The molecule has 1 aromatic rings. The second-order valence-corrected chi connectivity index (χ2v) is 5.82. The lowest BCUT2D eigenvalue weighted by molar-refractivity contribution is -0.136. The number of ether oxygens (including phenoxy) is 2. The summed E-state index contributed by atoms with van der Waals surface area (Å²) in [7, 11) is 1.57. The lowest BCUT2D eigenvalue weighted by atomic mass is 9.99. The fraction of sp³-hybridized carbons (Fsp3) is 0.611. The van der Waals surface area contributed by atoms with E-state index in [1.54, 1.807) is 7.11 Å². The van der Waals surface area contributed by atoms with Crippen LogP contribution in [0, 0.1) is 6.92 Å². The summed E-state index contributed by atoms with van der Waals surface area (Å²) >= 11 is 0. The highest BCUT2D eigenvalue weighted by Crippen LogP contribution is 2.24. The summed E-state index contributed by atoms with van der Waals surface area (Å²) in [5.41, 5.74) is 0.993. The molecule has 0 aliphatic heterocycles. The van der Waals surface area contributed by atoms with E-state index in [1.165, 1.54) is 0 Å². The summed E-state index contributed by atoms with van der Waals surface area (Å²) in [6, 6.07) is 5.71. The molecule has 0 bridgehead atoms. The Morgan fingerprint density at radius 1 is 1.27 bits per heavy atom. The van der Waals surface area contributed by atoms with Gasteiger partial charge < -0.3 is 14.8 Å². The summed E-state index contributed by atoms with van der Waals surface area (Å²) in [5, 5.41) is 2.93. The number of unbranched alkanes of at least 4 members (excludes halogenated alkanes) is 1. The number of carbonyl (C=O) groups is 1. The van der Waals surface area contributed by atoms with Crippen molar-refractivity contribution in [1.82, 2.24) is 0 Å². The molecular formula is C18H29NO3. The first-order valence-electron chi connectivity index (χ1n) is 8.07. The molecule has 1 atom stereocenters. The largest absolute Gasteiger partial charge is 0.493 e. The lowest BCUT2D eigenvalue weighted by Crippen LogP contribution is -2.41. The van der Waals surface area contributed by atoms with Crippen molar-refractivity contribution in [3.63, 3.8) is 0 Å². The van der Waals surface area contributed by atoms with Gasteiger partial charge in [-0.05, 0) is 50.5 Å². The monoisotopic (exact) mass is 307 g/mol. The zero-order chi connectivity index (χ0) is 16.6. The van der Waals surface area contributed by atoms with Gasteiger partial charge in [-0.15, -0.1) is 0 Å². The van der Waals surface area contributed by atoms with Gasteiger partial charge >= 0.3 is 0 Å². The molecule has 0 aliphatic carbocycles. The Morgan fingerprint density at radius 2 is 2.00 bits per heavy atom. The molecular weight excluding hydrogens is 278 g/mol. The van der Waals surface area contributed by atoms with E-state index in [-0.39, 0.29) is 5.91 Å². The summed E-state index contributed by atoms with van der Waals surface area (Å²) < 4.78 is 11.1. The minimum Gasteiger partial charge on any atom is -0.493 e. The number of rotatable bonds is 9. The van der Waals surface area contributed by atoms with Crippen LogP contribution in [0.3, 0.4) is 0 Å². The zero-order valence-electron chi connectivity index (χ0n) is 14.5. The van der Waals surface area contributed by atoms with Gasteiger partial charge in [-0.3, -0.25) is 4.79 Å². The van der Waals surface area contributed by atoms with Gasteiger partial charge in [0.25, 0.3) is 5.91 Å². The maximum absolute atomic E-state index is 12.4. The van der Waals surface area contributed by atoms with Crippen LogP contribution in [0.1, 0.15) is 52.0 Å². The predicted octanol–water partition coefficient (Wildman–Crippen LogP) is 4.32. The smallest absolute Gasteiger partial charge is 0.256 e. The van der Waals surface area contributed by atoms with Gasteiger partial charge in [-0.2, -0.15) is 0 Å². The third kappa shape index (κ3) is 5.02. The molecule has 1 unspecified atom stereocenters. The van der Waals surface area contributed by atoms with E-state index in [1.807, 2.05) is 39.0 Å². The van der Waals surface area contributed by atoms with Crippen molar-refractivity contribution < 1.29 is 14.3 Å². The third-order valence-corrected chi connectivity index (χ3v) is 3.85. The van der Waals surface area contributed by atoms with Crippen LogP contribution in [0.2, 0.25) is 0 Å². The van der Waals surface area contributed by atoms with E-state index < -0.39 is 5.60 Å². The molecule has 1 rings (SSSR count). The molecule has 22 heavy (non-hydrogen) atoms. The number of nitrogens with one attached hydrogen (secondary N) is 1. The summed E-state index contributed by atoms with van der Waals surface area (Å²) in [6.07, 6.45) is 3.73. The summed E-state index contributed by atoms with van der Waals surface area (Å²) in [4.78, 5) is 12.4. The van der Waals surface area contributed by atoms with E-state index in [2.05, 4.69) is 12.2 Å². The Morgan fingerprint density at radius 3 is 2.55 bits per heavy atom. The fourth-order valence-corrected chi connectivity index (χ4v) is 2.26. The molecule has 0 saturated carbocycles. The predicted molar refractivity (Wildman–Crippen MR) is 90.5 cm³/mol. The maximum Gasteiger partial charge on any atom is 0.256 e. The van der Waals surface area contributed by atoms with Gasteiger partial charge in [0.1, 0.15) is 11.4 Å². The quantitative estimate of drug-likeness (QED) is 0.691. The van der Waals surface area contributed by atoms with Crippen LogP contribution in [-0.4, -0.2) is 25.2 Å². The number of amides is 1. The topological polar surface area (TPSA) is 47.6 Å². The molecule has 4 heteroatoms. The summed E-state index contributed by atoms with van der Waals surface area (Å²) in [5.74, 6) is 0.755. The van der Waals surface area contributed by atoms with Crippen molar-refractivity contribution in [1.29, 1.82) is 0 Å². The van der Waals surface area contributed by atoms with E-state index in [0.717, 1.165) is 42.9 Å². The number of aryl methyl sites for hydroxylation is 1. The highest BCUT2D eigenvalue weighted by molar-refractivity contribution is 5.97. The van der Waals surface area contributed by atoms with E-state index in [4.69, 9.17) is 9.47 Å². The average molecular weight is 307 g/mol. The Hall–Kier alpha value is -1.55. The SMILES string of the molecule is CCCCOc1ccc(NC(=O)C(C)(CCC)OC)cc1C. The number of hydrogen-bond donors (Lipinski definition) is 1. The molecule has 0 aliphatic rings. The molecule has 0 heterocycles. The zero-order valence-corrected chi connectivity index (χ0v) is 14.5. The van der Waals surface area contributed by atoms with Crippen LogP contribution in [0.4, 0.5) is 5.69 Å². The van der Waals surface area contributed by atoms with E-state index in [9.17, 15) is 4.79 Å². The van der Waals surface area contributed by atoms with Crippen LogP contribution >= 0.6 is 0 Å². The van der Waals surface area contributed by atoms with Gasteiger partial charge in [-0.1, -0.05) is 26.7 Å². The molecule has 0 radical (unpaired) electrons. The first-order valence-corrected chi connectivity index (χ1v) is 8.07. The second-order valence-electron chi connectivity index (χ2n) is 5.82. The molecule has 1 amide bonds. The lowest BCUT2D eigenvalue weighted by Gasteiger charge is -2.26. The Labute approximate surface area is 134 Å². The molecule has 1 N–H and O–H groups in total. The second kappa shape index (κ2) is 8.79. The standard InChI is InChI=1S/C18H29NO3/c1-6-8-12-22-16-10-9-15(13-14(16)3)19-17(20)18(4,21-5)11-7-2/h9-10,13H,6-8,11-12H2,1-5H3,(H,19,20). The van der Waals surface area contributed by atoms with Gasteiger partial charge in [0.15, 0.2) is 0 Å². The molecule has 124 valence electrons. The van der Waals surface area contributed by atoms with Crippen LogP contribution in [-0.2, 0) is 9.53 Å². The van der Waals surface area contributed by atoms with Crippen LogP contribution in [0.15, 0.2) is 18.2 Å². The van der Waals surface area contributed by atoms with Crippen LogP contribution in [0.25, 0.3) is 0 Å². The van der Waals surface area contributed by atoms with Crippen molar-refractivity contribution in [2.75, 3.05) is 19.0 Å². The first-order chi connectivity index (χ1) is 10.5. The molecule has 1 aromatic carbocycles.